The SMILES string of the molecule is CC(OC(=O)c1ccccc1NS(=O)(=O)c1cccc([N+](=O)[O-])c1)C(=O)Nc1ccccc1C#N. The zero-order chi connectivity index (χ0) is 25.6. The number of sulfonamides is 1. The lowest BCUT2D eigenvalue weighted by Gasteiger charge is -2.16. The molecule has 0 spiro atoms. The third-order valence-electron chi connectivity index (χ3n) is 4.69. The average Bonchev–Trinajstić information content (AvgIpc) is 2.84. The summed E-state index contributed by atoms with van der Waals surface area (Å²) in [5.41, 5.74) is -0.281. The van der Waals surface area contributed by atoms with Crippen molar-refractivity contribution < 1.29 is 27.7 Å². The topological polar surface area (TPSA) is 168 Å². The number of rotatable bonds is 8. The number of non-ortho nitro benzene ring substituents is 1. The van der Waals surface area contributed by atoms with Crippen LogP contribution < -0.4 is 10.0 Å². The first-order chi connectivity index (χ1) is 16.6. The molecule has 0 saturated carbocycles. The Morgan fingerprint density at radius 2 is 1.69 bits per heavy atom. The number of esters is 1. The van der Waals surface area contributed by atoms with Gasteiger partial charge in [0.25, 0.3) is 21.6 Å². The van der Waals surface area contributed by atoms with Crippen LogP contribution in [0, 0.1) is 21.4 Å². The number of benzene rings is 3. The molecule has 0 bridgehead atoms. The van der Waals surface area contributed by atoms with E-state index < -0.39 is 38.6 Å². The summed E-state index contributed by atoms with van der Waals surface area (Å²) >= 11 is 0. The van der Waals surface area contributed by atoms with Crippen LogP contribution in [0.3, 0.4) is 0 Å². The van der Waals surface area contributed by atoms with Gasteiger partial charge in [0.05, 0.1) is 32.3 Å². The molecule has 0 saturated heterocycles. The minimum absolute atomic E-state index is 0.147. The van der Waals surface area contributed by atoms with E-state index in [4.69, 9.17) is 10.00 Å². The molecule has 3 aromatic carbocycles. The minimum atomic E-state index is -4.29. The maximum Gasteiger partial charge on any atom is 0.341 e. The lowest BCUT2D eigenvalue weighted by Crippen LogP contribution is -2.30. The van der Waals surface area contributed by atoms with Gasteiger partial charge in [-0.05, 0) is 37.3 Å². The molecule has 11 nitrogen and oxygen atoms in total. The van der Waals surface area contributed by atoms with Gasteiger partial charge in [-0.25, -0.2) is 13.2 Å². The maximum atomic E-state index is 12.8. The van der Waals surface area contributed by atoms with Gasteiger partial charge in [0.1, 0.15) is 6.07 Å². The minimum Gasteiger partial charge on any atom is -0.449 e. The summed E-state index contributed by atoms with van der Waals surface area (Å²) in [7, 11) is -4.29. The van der Waals surface area contributed by atoms with Crippen LogP contribution in [-0.4, -0.2) is 31.3 Å². The van der Waals surface area contributed by atoms with Gasteiger partial charge >= 0.3 is 5.97 Å². The van der Waals surface area contributed by atoms with Crippen molar-refractivity contribution in [3.63, 3.8) is 0 Å². The van der Waals surface area contributed by atoms with E-state index in [0.717, 1.165) is 12.1 Å². The predicted octanol–water partition coefficient (Wildman–Crippen LogP) is 3.45. The molecule has 1 amide bonds. The summed E-state index contributed by atoms with van der Waals surface area (Å²) < 4.78 is 33.0. The number of nitrogens with zero attached hydrogens (tertiary/aromatic N) is 2. The van der Waals surface area contributed by atoms with E-state index >= 15 is 0 Å². The number of amides is 1. The second-order valence-electron chi connectivity index (χ2n) is 7.10. The van der Waals surface area contributed by atoms with E-state index in [-0.39, 0.29) is 27.4 Å². The quantitative estimate of drug-likeness (QED) is 0.272. The highest BCUT2D eigenvalue weighted by atomic mass is 32.2. The molecule has 3 aromatic rings. The van der Waals surface area contributed by atoms with Crippen molar-refractivity contribution in [2.75, 3.05) is 10.0 Å². The second-order valence-corrected chi connectivity index (χ2v) is 8.78. The van der Waals surface area contributed by atoms with Gasteiger partial charge < -0.3 is 10.1 Å². The molecule has 0 heterocycles. The standard InChI is InChI=1S/C23H18N4O7S/c1-15(22(28)25-20-11-4-2-7-16(20)14-24)34-23(29)19-10-3-5-12-21(19)26-35(32,33)18-9-6-8-17(13-18)27(30)31/h2-13,15,26H,1H3,(H,25,28). The molecular formula is C23H18N4O7S. The van der Waals surface area contributed by atoms with Gasteiger partial charge in [-0.15, -0.1) is 0 Å². The number of nitro groups is 1. The number of hydrogen-bond donors (Lipinski definition) is 2. The smallest absolute Gasteiger partial charge is 0.341 e. The number of carbonyl (C=O) groups is 2. The number of anilines is 2. The number of hydrogen-bond acceptors (Lipinski definition) is 8. The summed E-state index contributed by atoms with van der Waals surface area (Å²) in [6.45, 7) is 1.32. The Hall–Kier alpha value is -4.76. The lowest BCUT2D eigenvalue weighted by atomic mass is 10.2. The van der Waals surface area contributed by atoms with Crippen LogP contribution in [-0.2, 0) is 19.6 Å². The van der Waals surface area contributed by atoms with Gasteiger partial charge in [0, 0.05) is 12.1 Å². The fourth-order valence-electron chi connectivity index (χ4n) is 2.92. The molecule has 0 radical (unpaired) electrons. The second kappa shape index (κ2) is 10.4. The molecule has 1 unspecified atom stereocenters. The van der Waals surface area contributed by atoms with Crippen molar-refractivity contribution in [3.8, 4) is 6.07 Å². The largest absolute Gasteiger partial charge is 0.449 e. The third-order valence-corrected chi connectivity index (χ3v) is 6.05. The van der Waals surface area contributed by atoms with Crippen LogP contribution in [0.25, 0.3) is 0 Å². The highest BCUT2D eigenvalue weighted by Gasteiger charge is 2.24. The monoisotopic (exact) mass is 494 g/mol. The van der Waals surface area contributed by atoms with Crippen LogP contribution >= 0.6 is 0 Å². The number of nitro benzene ring substituents is 1. The van der Waals surface area contributed by atoms with E-state index in [1.807, 2.05) is 6.07 Å². The molecule has 0 aromatic heterocycles. The Labute approximate surface area is 200 Å². The summed E-state index contributed by atoms with van der Waals surface area (Å²) in [5.74, 6) is -1.69. The fourth-order valence-corrected chi connectivity index (χ4v) is 4.04. The number of nitriles is 1. The van der Waals surface area contributed by atoms with Gasteiger partial charge in [-0.1, -0.05) is 30.3 Å². The molecule has 0 fully saturated rings. The van der Waals surface area contributed by atoms with Gasteiger partial charge in [0.2, 0.25) is 0 Å². The summed E-state index contributed by atoms with van der Waals surface area (Å²) in [4.78, 5) is 35.1. The van der Waals surface area contributed by atoms with Crippen LogP contribution in [0.15, 0.2) is 77.7 Å². The van der Waals surface area contributed by atoms with E-state index in [9.17, 15) is 28.1 Å². The van der Waals surface area contributed by atoms with E-state index in [1.54, 1.807) is 12.1 Å². The van der Waals surface area contributed by atoms with E-state index in [1.165, 1.54) is 55.5 Å². The summed E-state index contributed by atoms with van der Waals surface area (Å²) in [6.07, 6.45) is -1.28. The fraction of sp³-hybridized carbons (Fsp3) is 0.0870. The van der Waals surface area contributed by atoms with Crippen LogP contribution in [0.1, 0.15) is 22.8 Å². The van der Waals surface area contributed by atoms with Crippen molar-refractivity contribution in [1.29, 1.82) is 5.26 Å². The first kappa shape index (κ1) is 24.9. The number of ether oxygens (including phenoxy) is 1. The first-order valence-electron chi connectivity index (χ1n) is 9.99. The van der Waals surface area contributed by atoms with Crippen LogP contribution in [0.4, 0.5) is 17.1 Å². The third kappa shape index (κ3) is 5.98. The van der Waals surface area contributed by atoms with Crippen LogP contribution in [0.5, 0.6) is 0 Å². The number of para-hydroxylation sites is 2. The Kier molecular flexibility index (Phi) is 7.43. The molecular weight excluding hydrogens is 476 g/mol. The molecule has 0 aliphatic rings. The Balaban J connectivity index is 1.77. The lowest BCUT2D eigenvalue weighted by molar-refractivity contribution is -0.385. The summed E-state index contributed by atoms with van der Waals surface area (Å²) in [5, 5.41) is 22.6. The highest BCUT2D eigenvalue weighted by Crippen LogP contribution is 2.24. The Morgan fingerprint density at radius 1 is 1.03 bits per heavy atom. The van der Waals surface area contributed by atoms with E-state index in [0.29, 0.717) is 0 Å². The van der Waals surface area contributed by atoms with Gasteiger partial charge in [0.15, 0.2) is 6.10 Å². The zero-order valence-electron chi connectivity index (χ0n) is 18.2. The van der Waals surface area contributed by atoms with Crippen molar-refractivity contribution in [2.24, 2.45) is 0 Å². The molecule has 3 rings (SSSR count). The Morgan fingerprint density at radius 3 is 2.37 bits per heavy atom. The van der Waals surface area contributed by atoms with Crippen LogP contribution in [0.2, 0.25) is 0 Å². The molecule has 178 valence electrons. The predicted molar refractivity (Wildman–Crippen MR) is 125 cm³/mol. The van der Waals surface area contributed by atoms with Gasteiger partial charge in [-0.2, -0.15) is 5.26 Å². The average molecular weight is 494 g/mol. The molecule has 12 heteroatoms. The Bertz CT molecular complexity index is 1450. The first-order valence-corrected chi connectivity index (χ1v) is 11.5. The van der Waals surface area contributed by atoms with Gasteiger partial charge in [-0.3, -0.25) is 19.6 Å². The highest BCUT2D eigenvalue weighted by molar-refractivity contribution is 7.92. The number of carbonyl (C=O) groups excluding carboxylic acids is 2. The zero-order valence-corrected chi connectivity index (χ0v) is 19.0. The van der Waals surface area contributed by atoms with Crippen molar-refractivity contribution in [2.45, 2.75) is 17.9 Å². The number of nitrogens with one attached hydrogen (secondary N) is 2. The molecule has 1 atom stereocenters. The van der Waals surface area contributed by atoms with Crippen molar-refractivity contribution in [1.82, 2.24) is 0 Å². The molecule has 0 aliphatic carbocycles. The van der Waals surface area contributed by atoms with E-state index in [2.05, 4.69) is 10.0 Å². The maximum absolute atomic E-state index is 12.8. The molecule has 0 aliphatic heterocycles. The van der Waals surface area contributed by atoms with Crippen molar-refractivity contribution >= 4 is 39.0 Å². The van der Waals surface area contributed by atoms with Crippen molar-refractivity contribution in [3.05, 3.63) is 94.0 Å². The normalized spacial score (nSPS) is 11.5. The molecule has 35 heavy (non-hydrogen) atoms. The summed E-state index contributed by atoms with van der Waals surface area (Å²) in [6, 6.07) is 18.2. The molecule has 2 N–H and O–H groups in total.